The molecule has 0 aromatic carbocycles. The fourth-order valence-electron chi connectivity index (χ4n) is 1.18. The maximum Gasteiger partial charge on any atom is 0.0798 e. The highest BCUT2D eigenvalue weighted by Crippen LogP contribution is 2.26. The lowest BCUT2D eigenvalue weighted by molar-refractivity contribution is 0.425. The van der Waals surface area contributed by atoms with E-state index in [2.05, 4.69) is 24.3 Å². The predicted molar refractivity (Wildman–Crippen MR) is 51.8 cm³/mol. The standard InChI is InChI=1S/C8H15N3S/c1-5(2)7(11-9)8-6(3)10-4-12-8/h4-5,7,11H,9H2,1-3H3. The summed E-state index contributed by atoms with van der Waals surface area (Å²) in [7, 11) is 0. The summed E-state index contributed by atoms with van der Waals surface area (Å²) < 4.78 is 0. The maximum absolute atomic E-state index is 5.46. The summed E-state index contributed by atoms with van der Waals surface area (Å²) in [6.07, 6.45) is 0. The number of rotatable bonds is 3. The highest BCUT2D eigenvalue weighted by molar-refractivity contribution is 7.09. The number of nitrogens with zero attached hydrogens (tertiary/aromatic N) is 1. The number of aromatic nitrogens is 1. The second-order valence-electron chi connectivity index (χ2n) is 3.19. The molecule has 12 heavy (non-hydrogen) atoms. The molecule has 1 atom stereocenters. The van der Waals surface area contributed by atoms with Gasteiger partial charge in [0, 0.05) is 4.88 Å². The van der Waals surface area contributed by atoms with E-state index in [0.29, 0.717) is 5.92 Å². The number of aryl methyl sites for hydroxylation is 1. The Morgan fingerprint density at radius 1 is 1.58 bits per heavy atom. The molecule has 0 aliphatic rings. The fourth-order valence-corrected chi connectivity index (χ4v) is 2.21. The molecule has 3 N–H and O–H groups in total. The highest BCUT2D eigenvalue weighted by atomic mass is 32.1. The zero-order valence-corrected chi connectivity index (χ0v) is 8.48. The van der Waals surface area contributed by atoms with Crippen LogP contribution in [0.1, 0.15) is 30.5 Å². The minimum Gasteiger partial charge on any atom is -0.271 e. The molecule has 0 aliphatic heterocycles. The Hall–Kier alpha value is -0.450. The van der Waals surface area contributed by atoms with Gasteiger partial charge in [-0.1, -0.05) is 13.8 Å². The van der Waals surface area contributed by atoms with Gasteiger partial charge in [0.25, 0.3) is 0 Å². The van der Waals surface area contributed by atoms with Crippen molar-refractivity contribution in [1.29, 1.82) is 0 Å². The van der Waals surface area contributed by atoms with E-state index >= 15 is 0 Å². The summed E-state index contributed by atoms with van der Waals surface area (Å²) in [6, 6.07) is 0.234. The monoisotopic (exact) mass is 185 g/mol. The predicted octanol–water partition coefficient (Wildman–Crippen LogP) is 1.61. The van der Waals surface area contributed by atoms with Crippen LogP contribution in [0, 0.1) is 12.8 Å². The van der Waals surface area contributed by atoms with E-state index in [9.17, 15) is 0 Å². The molecular weight excluding hydrogens is 170 g/mol. The topological polar surface area (TPSA) is 50.9 Å². The first-order chi connectivity index (χ1) is 5.66. The summed E-state index contributed by atoms with van der Waals surface area (Å²) in [4.78, 5) is 5.43. The molecule has 1 aromatic rings. The van der Waals surface area contributed by atoms with Crippen LogP contribution in [0.2, 0.25) is 0 Å². The summed E-state index contributed by atoms with van der Waals surface area (Å²) >= 11 is 1.66. The number of thiazole rings is 1. The molecule has 4 heteroatoms. The number of hydrazine groups is 1. The molecule has 68 valence electrons. The van der Waals surface area contributed by atoms with Crippen molar-refractivity contribution in [2.24, 2.45) is 11.8 Å². The minimum absolute atomic E-state index is 0.234. The van der Waals surface area contributed by atoms with Gasteiger partial charge in [-0.05, 0) is 12.8 Å². The molecular formula is C8H15N3S. The lowest BCUT2D eigenvalue weighted by atomic mass is 10.0. The summed E-state index contributed by atoms with van der Waals surface area (Å²) in [6.45, 7) is 6.30. The lowest BCUT2D eigenvalue weighted by Gasteiger charge is -2.18. The van der Waals surface area contributed by atoms with E-state index in [4.69, 9.17) is 5.84 Å². The van der Waals surface area contributed by atoms with E-state index in [1.54, 1.807) is 11.3 Å². The van der Waals surface area contributed by atoms with Gasteiger partial charge < -0.3 is 0 Å². The molecule has 0 saturated heterocycles. The lowest BCUT2D eigenvalue weighted by Crippen LogP contribution is -2.31. The average molecular weight is 185 g/mol. The molecule has 1 rings (SSSR count). The van der Waals surface area contributed by atoms with Crippen molar-refractivity contribution < 1.29 is 0 Å². The second-order valence-corrected chi connectivity index (χ2v) is 4.08. The molecule has 0 radical (unpaired) electrons. The second kappa shape index (κ2) is 3.98. The van der Waals surface area contributed by atoms with Crippen LogP contribution in [-0.2, 0) is 0 Å². The van der Waals surface area contributed by atoms with Gasteiger partial charge in [0.1, 0.15) is 0 Å². The first-order valence-corrected chi connectivity index (χ1v) is 4.91. The Morgan fingerprint density at radius 2 is 2.25 bits per heavy atom. The fraction of sp³-hybridized carbons (Fsp3) is 0.625. The van der Waals surface area contributed by atoms with Crippen molar-refractivity contribution in [2.45, 2.75) is 26.8 Å². The van der Waals surface area contributed by atoms with Crippen molar-refractivity contribution in [2.75, 3.05) is 0 Å². The molecule has 1 unspecified atom stereocenters. The van der Waals surface area contributed by atoms with Crippen molar-refractivity contribution in [3.05, 3.63) is 16.1 Å². The Labute approximate surface area is 77.0 Å². The van der Waals surface area contributed by atoms with E-state index in [1.807, 2.05) is 12.4 Å². The van der Waals surface area contributed by atoms with Gasteiger partial charge in [-0.2, -0.15) is 0 Å². The summed E-state index contributed by atoms with van der Waals surface area (Å²) in [5.74, 6) is 5.96. The van der Waals surface area contributed by atoms with E-state index in [1.165, 1.54) is 4.88 Å². The van der Waals surface area contributed by atoms with Crippen LogP contribution in [0.3, 0.4) is 0 Å². The van der Waals surface area contributed by atoms with Crippen molar-refractivity contribution in [3.63, 3.8) is 0 Å². The van der Waals surface area contributed by atoms with E-state index < -0.39 is 0 Å². The number of hydrogen-bond acceptors (Lipinski definition) is 4. The van der Waals surface area contributed by atoms with Crippen LogP contribution in [0.4, 0.5) is 0 Å². The Bertz CT molecular complexity index is 244. The van der Waals surface area contributed by atoms with Gasteiger partial charge in [0.05, 0.1) is 17.2 Å². The van der Waals surface area contributed by atoms with Crippen LogP contribution in [0.25, 0.3) is 0 Å². The van der Waals surface area contributed by atoms with Gasteiger partial charge in [-0.15, -0.1) is 11.3 Å². The van der Waals surface area contributed by atoms with Gasteiger partial charge >= 0.3 is 0 Å². The van der Waals surface area contributed by atoms with Gasteiger partial charge in [-0.3, -0.25) is 11.3 Å². The van der Waals surface area contributed by atoms with Crippen LogP contribution >= 0.6 is 11.3 Å². The van der Waals surface area contributed by atoms with Crippen LogP contribution in [-0.4, -0.2) is 4.98 Å². The van der Waals surface area contributed by atoms with Crippen molar-refractivity contribution in [3.8, 4) is 0 Å². The molecule has 0 spiro atoms. The molecule has 1 aromatic heterocycles. The number of nitrogens with two attached hydrogens (primary N) is 1. The molecule has 0 amide bonds. The third-order valence-electron chi connectivity index (χ3n) is 1.91. The van der Waals surface area contributed by atoms with Gasteiger partial charge in [-0.25, -0.2) is 4.98 Å². The normalized spacial score (nSPS) is 13.8. The van der Waals surface area contributed by atoms with Gasteiger partial charge in [0.2, 0.25) is 0 Å². The maximum atomic E-state index is 5.46. The van der Waals surface area contributed by atoms with E-state index in [-0.39, 0.29) is 6.04 Å². The van der Waals surface area contributed by atoms with Crippen LogP contribution < -0.4 is 11.3 Å². The Morgan fingerprint density at radius 3 is 2.58 bits per heavy atom. The van der Waals surface area contributed by atoms with Crippen molar-refractivity contribution >= 4 is 11.3 Å². The molecule has 0 aliphatic carbocycles. The molecule has 0 bridgehead atoms. The smallest absolute Gasteiger partial charge is 0.0798 e. The largest absolute Gasteiger partial charge is 0.271 e. The third-order valence-corrected chi connectivity index (χ3v) is 2.93. The zero-order chi connectivity index (χ0) is 9.14. The quantitative estimate of drug-likeness (QED) is 0.555. The minimum atomic E-state index is 0.234. The highest BCUT2D eigenvalue weighted by Gasteiger charge is 2.17. The van der Waals surface area contributed by atoms with Crippen LogP contribution in [0.5, 0.6) is 0 Å². The molecule has 1 heterocycles. The van der Waals surface area contributed by atoms with Crippen LogP contribution in [0.15, 0.2) is 5.51 Å². The average Bonchev–Trinajstić information content (AvgIpc) is 2.38. The molecule has 0 fully saturated rings. The third kappa shape index (κ3) is 1.83. The number of hydrogen-bond donors (Lipinski definition) is 2. The van der Waals surface area contributed by atoms with Gasteiger partial charge in [0.15, 0.2) is 0 Å². The SMILES string of the molecule is Cc1ncsc1C(NN)C(C)C. The number of nitrogens with one attached hydrogen (secondary N) is 1. The van der Waals surface area contributed by atoms with E-state index in [0.717, 1.165) is 5.69 Å². The van der Waals surface area contributed by atoms with Crippen molar-refractivity contribution in [1.82, 2.24) is 10.4 Å². The zero-order valence-electron chi connectivity index (χ0n) is 7.66. The Balaban J connectivity index is 2.87. The summed E-state index contributed by atoms with van der Waals surface area (Å²) in [5, 5.41) is 0. The first-order valence-electron chi connectivity index (χ1n) is 4.03. The summed E-state index contributed by atoms with van der Waals surface area (Å²) in [5.41, 5.74) is 5.75. The first kappa shape index (κ1) is 9.64. The molecule has 0 saturated carbocycles. The molecule has 3 nitrogen and oxygen atoms in total. The Kier molecular flexibility index (Phi) is 3.20.